The Morgan fingerprint density at radius 1 is 1.21 bits per heavy atom. The Morgan fingerprint density at radius 3 is 2.67 bits per heavy atom. The molecule has 0 aliphatic carbocycles. The molecule has 1 aliphatic heterocycles. The second-order valence-electron chi connectivity index (χ2n) is 5.69. The van der Waals surface area contributed by atoms with Crippen molar-refractivity contribution in [2.24, 2.45) is 7.05 Å². The maximum Gasteiger partial charge on any atom is 0.335 e. The lowest BCUT2D eigenvalue weighted by molar-refractivity contribution is 0.0696. The first-order valence-electron chi connectivity index (χ1n) is 7.31. The standard InChI is InChI=1S/C16H16N2O5S/c1-17-9-13-10-18(6-5-11(13)8-15(17)19)24(22,23)14-4-2-3-12(7-14)16(20)21/h2-4,7-9H,5-6,10H2,1H3,(H,20,21). The van der Waals surface area contributed by atoms with E-state index in [-0.39, 0.29) is 29.1 Å². The van der Waals surface area contributed by atoms with Crippen LogP contribution in [0.4, 0.5) is 0 Å². The van der Waals surface area contributed by atoms with Gasteiger partial charge < -0.3 is 9.67 Å². The zero-order chi connectivity index (χ0) is 17.5. The molecule has 126 valence electrons. The highest BCUT2D eigenvalue weighted by Gasteiger charge is 2.29. The number of aromatic nitrogens is 1. The summed E-state index contributed by atoms with van der Waals surface area (Å²) in [5.41, 5.74) is 1.43. The van der Waals surface area contributed by atoms with Gasteiger partial charge >= 0.3 is 5.97 Å². The molecule has 0 atom stereocenters. The van der Waals surface area contributed by atoms with Crippen LogP contribution in [0.15, 0.2) is 46.2 Å². The van der Waals surface area contributed by atoms with Gasteiger partial charge in [0.2, 0.25) is 10.0 Å². The fourth-order valence-corrected chi connectivity index (χ4v) is 4.22. The molecule has 0 saturated heterocycles. The van der Waals surface area contributed by atoms with Crippen molar-refractivity contribution in [2.45, 2.75) is 17.9 Å². The molecule has 24 heavy (non-hydrogen) atoms. The van der Waals surface area contributed by atoms with E-state index in [0.29, 0.717) is 6.42 Å². The average molecular weight is 348 g/mol. The Balaban J connectivity index is 1.97. The van der Waals surface area contributed by atoms with Crippen LogP contribution in [-0.4, -0.2) is 34.9 Å². The fourth-order valence-electron chi connectivity index (χ4n) is 2.76. The van der Waals surface area contributed by atoms with Crippen LogP contribution in [-0.2, 0) is 30.0 Å². The summed E-state index contributed by atoms with van der Waals surface area (Å²) in [4.78, 5) is 22.7. The quantitative estimate of drug-likeness (QED) is 0.886. The summed E-state index contributed by atoms with van der Waals surface area (Å²) < 4.78 is 28.3. The van der Waals surface area contributed by atoms with Crippen molar-refractivity contribution >= 4 is 16.0 Å². The first-order chi connectivity index (χ1) is 11.3. The lowest BCUT2D eigenvalue weighted by Gasteiger charge is -2.28. The zero-order valence-corrected chi connectivity index (χ0v) is 13.8. The largest absolute Gasteiger partial charge is 0.478 e. The number of aromatic carboxylic acids is 1. The molecular weight excluding hydrogens is 332 g/mol. The van der Waals surface area contributed by atoms with Crippen molar-refractivity contribution in [3.05, 3.63) is 63.6 Å². The molecule has 0 amide bonds. The van der Waals surface area contributed by atoms with Gasteiger partial charge in [0.1, 0.15) is 0 Å². The molecule has 1 aromatic heterocycles. The third-order valence-corrected chi connectivity index (χ3v) is 5.94. The number of fused-ring (bicyclic) bond motifs is 1. The minimum absolute atomic E-state index is 0.0457. The molecule has 2 aromatic rings. The van der Waals surface area contributed by atoms with Crippen LogP contribution in [0.2, 0.25) is 0 Å². The molecule has 0 fully saturated rings. The average Bonchev–Trinajstić information content (AvgIpc) is 2.55. The smallest absolute Gasteiger partial charge is 0.335 e. The van der Waals surface area contributed by atoms with E-state index in [0.717, 1.165) is 17.2 Å². The van der Waals surface area contributed by atoms with Crippen molar-refractivity contribution in [1.82, 2.24) is 8.87 Å². The summed E-state index contributed by atoms with van der Waals surface area (Å²) in [6, 6.07) is 6.84. The number of carbonyl (C=O) groups is 1. The second-order valence-corrected chi connectivity index (χ2v) is 7.63. The third kappa shape index (κ3) is 2.85. The summed E-state index contributed by atoms with van der Waals surface area (Å²) in [5.74, 6) is -1.17. The van der Waals surface area contributed by atoms with Gasteiger partial charge in [0.05, 0.1) is 10.5 Å². The number of carboxylic acids is 1. The Morgan fingerprint density at radius 2 is 1.96 bits per heavy atom. The van der Waals surface area contributed by atoms with Crippen molar-refractivity contribution < 1.29 is 18.3 Å². The molecule has 0 spiro atoms. The summed E-state index contributed by atoms with van der Waals surface area (Å²) in [7, 11) is -2.18. The monoisotopic (exact) mass is 348 g/mol. The van der Waals surface area contributed by atoms with Crippen molar-refractivity contribution in [3.63, 3.8) is 0 Å². The van der Waals surface area contributed by atoms with Gasteiger partial charge in [0.25, 0.3) is 5.56 Å². The third-order valence-electron chi connectivity index (χ3n) is 4.10. The summed E-state index contributed by atoms with van der Waals surface area (Å²) >= 11 is 0. The predicted octanol–water partition coefficient (Wildman–Crippen LogP) is 0.830. The van der Waals surface area contributed by atoms with E-state index in [1.54, 1.807) is 13.2 Å². The molecule has 0 unspecified atom stereocenters. The molecular formula is C16H16N2O5S. The van der Waals surface area contributed by atoms with Crippen molar-refractivity contribution in [2.75, 3.05) is 6.54 Å². The predicted molar refractivity (Wildman–Crippen MR) is 86.4 cm³/mol. The van der Waals surface area contributed by atoms with Crippen LogP contribution in [0.5, 0.6) is 0 Å². The van der Waals surface area contributed by atoms with E-state index in [9.17, 15) is 18.0 Å². The van der Waals surface area contributed by atoms with Gasteiger partial charge in [-0.1, -0.05) is 6.07 Å². The van der Waals surface area contributed by atoms with E-state index in [4.69, 9.17) is 5.11 Å². The number of sulfonamides is 1. The molecule has 0 saturated carbocycles. The number of hydrogen-bond acceptors (Lipinski definition) is 4. The number of hydrogen-bond donors (Lipinski definition) is 1. The molecule has 3 rings (SSSR count). The first-order valence-corrected chi connectivity index (χ1v) is 8.75. The molecule has 1 N–H and O–H groups in total. The number of carboxylic acid groups (broad SMARTS) is 1. The number of benzene rings is 1. The van der Waals surface area contributed by atoms with Crippen molar-refractivity contribution in [3.8, 4) is 0 Å². The number of pyridine rings is 1. The SMILES string of the molecule is Cn1cc2c(cc1=O)CCN(S(=O)(=O)c1cccc(C(=O)O)c1)C2. The highest BCUT2D eigenvalue weighted by molar-refractivity contribution is 7.89. The van der Waals surface area contributed by atoms with E-state index < -0.39 is 16.0 Å². The van der Waals surface area contributed by atoms with Crippen LogP contribution in [0, 0.1) is 0 Å². The number of aryl methyl sites for hydroxylation is 1. The Kier molecular flexibility index (Phi) is 4.02. The van der Waals surface area contributed by atoms with E-state index in [1.807, 2.05) is 0 Å². The highest BCUT2D eigenvalue weighted by Crippen LogP contribution is 2.24. The summed E-state index contributed by atoms with van der Waals surface area (Å²) in [6.45, 7) is 0.406. The summed E-state index contributed by atoms with van der Waals surface area (Å²) in [5, 5.41) is 9.03. The number of rotatable bonds is 3. The van der Waals surface area contributed by atoms with Crippen LogP contribution < -0.4 is 5.56 Å². The first kappa shape index (κ1) is 16.4. The lowest BCUT2D eigenvalue weighted by Crippen LogP contribution is -2.37. The molecule has 0 radical (unpaired) electrons. The van der Waals surface area contributed by atoms with Gasteiger partial charge in [0.15, 0.2) is 0 Å². The van der Waals surface area contributed by atoms with E-state index in [2.05, 4.69) is 0 Å². The van der Waals surface area contributed by atoms with Crippen LogP contribution in [0.25, 0.3) is 0 Å². The minimum Gasteiger partial charge on any atom is -0.478 e. The molecule has 8 heteroatoms. The molecule has 7 nitrogen and oxygen atoms in total. The lowest BCUT2D eigenvalue weighted by atomic mass is 10.0. The molecule has 1 aromatic carbocycles. The van der Waals surface area contributed by atoms with Crippen LogP contribution >= 0.6 is 0 Å². The maximum atomic E-state index is 12.8. The minimum atomic E-state index is -3.80. The van der Waals surface area contributed by atoms with E-state index in [1.165, 1.54) is 33.1 Å². The van der Waals surface area contributed by atoms with Gasteiger partial charge in [0, 0.05) is 32.4 Å². The van der Waals surface area contributed by atoms with Crippen LogP contribution in [0.3, 0.4) is 0 Å². The van der Waals surface area contributed by atoms with Gasteiger partial charge in [-0.2, -0.15) is 4.31 Å². The van der Waals surface area contributed by atoms with Gasteiger partial charge in [-0.25, -0.2) is 13.2 Å². The fraction of sp³-hybridized carbons (Fsp3) is 0.250. The molecule has 0 bridgehead atoms. The zero-order valence-electron chi connectivity index (χ0n) is 13.0. The Labute approximate surface area is 138 Å². The second kappa shape index (κ2) is 5.88. The maximum absolute atomic E-state index is 12.8. The normalized spacial score (nSPS) is 15.0. The Hall–Kier alpha value is -2.45. The number of nitrogens with zero attached hydrogens (tertiary/aromatic N) is 2. The highest BCUT2D eigenvalue weighted by atomic mass is 32.2. The molecule has 1 aliphatic rings. The van der Waals surface area contributed by atoms with Crippen molar-refractivity contribution in [1.29, 1.82) is 0 Å². The summed E-state index contributed by atoms with van der Waals surface area (Å²) in [6.07, 6.45) is 2.09. The van der Waals surface area contributed by atoms with Gasteiger partial charge in [-0.05, 0) is 35.7 Å². The Bertz CT molecular complexity index is 978. The van der Waals surface area contributed by atoms with Gasteiger partial charge in [-0.15, -0.1) is 0 Å². The van der Waals surface area contributed by atoms with E-state index >= 15 is 0 Å². The molecule has 2 heterocycles. The topological polar surface area (TPSA) is 96.7 Å². The van der Waals surface area contributed by atoms with Gasteiger partial charge in [-0.3, -0.25) is 4.79 Å². The van der Waals surface area contributed by atoms with Crippen LogP contribution in [0.1, 0.15) is 21.5 Å².